The SMILES string of the molecule is COc1ccc(/C=N\Nc2nc(-c3ccccc3)cc(-c3ccc(F)cc3)n2)cc1. The van der Waals surface area contributed by atoms with Crippen LogP contribution in [0.25, 0.3) is 22.5 Å². The van der Waals surface area contributed by atoms with Crippen LogP contribution < -0.4 is 10.2 Å². The second kappa shape index (κ2) is 8.96. The molecule has 30 heavy (non-hydrogen) atoms. The average Bonchev–Trinajstić information content (AvgIpc) is 2.80. The zero-order chi connectivity index (χ0) is 20.8. The van der Waals surface area contributed by atoms with Gasteiger partial charge < -0.3 is 4.74 Å². The smallest absolute Gasteiger partial charge is 0.244 e. The Bertz CT molecular complexity index is 1140. The lowest BCUT2D eigenvalue weighted by Gasteiger charge is -2.08. The maximum atomic E-state index is 13.3. The average molecular weight is 398 g/mol. The van der Waals surface area contributed by atoms with Crippen LogP contribution in [0.4, 0.5) is 10.3 Å². The first-order valence-electron chi connectivity index (χ1n) is 9.35. The van der Waals surface area contributed by atoms with E-state index < -0.39 is 0 Å². The first kappa shape index (κ1) is 19.3. The number of hydrazone groups is 1. The number of nitrogens with one attached hydrogen (secondary N) is 1. The van der Waals surface area contributed by atoms with Crippen LogP contribution in [-0.2, 0) is 0 Å². The highest BCUT2D eigenvalue weighted by atomic mass is 19.1. The number of halogens is 1. The number of nitrogens with zero attached hydrogens (tertiary/aromatic N) is 3. The molecule has 6 heteroatoms. The number of ether oxygens (including phenoxy) is 1. The molecule has 1 aromatic heterocycles. The Balaban J connectivity index is 1.64. The summed E-state index contributed by atoms with van der Waals surface area (Å²) in [5, 5.41) is 4.25. The predicted octanol–water partition coefficient (Wildman–Crippen LogP) is 5.40. The lowest BCUT2D eigenvalue weighted by molar-refractivity contribution is 0.415. The first-order chi connectivity index (χ1) is 14.7. The predicted molar refractivity (Wildman–Crippen MR) is 117 cm³/mol. The van der Waals surface area contributed by atoms with Gasteiger partial charge in [0, 0.05) is 11.1 Å². The van der Waals surface area contributed by atoms with E-state index in [4.69, 9.17) is 4.74 Å². The van der Waals surface area contributed by atoms with E-state index in [-0.39, 0.29) is 5.82 Å². The van der Waals surface area contributed by atoms with E-state index in [9.17, 15) is 4.39 Å². The van der Waals surface area contributed by atoms with Gasteiger partial charge in [-0.3, -0.25) is 0 Å². The molecular weight excluding hydrogens is 379 g/mol. The normalized spacial score (nSPS) is 10.9. The Morgan fingerprint density at radius 3 is 2.10 bits per heavy atom. The summed E-state index contributed by atoms with van der Waals surface area (Å²) in [7, 11) is 1.63. The van der Waals surface area contributed by atoms with Crippen molar-refractivity contribution in [2.75, 3.05) is 12.5 Å². The minimum atomic E-state index is -0.293. The quantitative estimate of drug-likeness (QED) is 0.349. The molecule has 0 radical (unpaired) electrons. The van der Waals surface area contributed by atoms with Gasteiger partial charge in [-0.2, -0.15) is 5.10 Å². The number of aromatic nitrogens is 2. The van der Waals surface area contributed by atoms with E-state index in [1.807, 2.05) is 60.7 Å². The molecular formula is C24H19FN4O. The molecule has 0 atom stereocenters. The van der Waals surface area contributed by atoms with Crippen molar-refractivity contribution in [2.45, 2.75) is 0 Å². The van der Waals surface area contributed by atoms with Crippen molar-refractivity contribution < 1.29 is 9.13 Å². The van der Waals surface area contributed by atoms with Crippen molar-refractivity contribution in [1.82, 2.24) is 9.97 Å². The third-order valence-electron chi connectivity index (χ3n) is 4.43. The van der Waals surface area contributed by atoms with Crippen molar-refractivity contribution in [3.8, 4) is 28.3 Å². The molecule has 0 saturated heterocycles. The Hall–Kier alpha value is -4.06. The summed E-state index contributed by atoms with van der Waals surface area (Å²) in [6, 6.07) is 25.4. The molecule has 0 fully saturated rings. The largest absolute Gasteiger partial charge is 0.497 e. The number of hydrogen-bond donors (Lipinski definition) is 1. The minimum absolute atomic E-state index is 0.293. The van der Waals surface area contributed by atoms with Gasteiger partial charge in [0.25, 0.3) is 0 Å². The molecule has 0 bridgehead atoms. The van der Waals surface area contributed by atoms with Gasteiger partial charge in [0.1, 0.15) is 11.6 Å². The molecule has 148 valence electrons. The summed E-state index contributed by atoms with van der Waals surface area (Å²) in [6.07, 6.45) is 1.68. The van der Waals surface area contributed by atoms with Crippen LogP contribution in [0.3, 0.4) is 0 Å². The van der Waals surface area contributed by atoms with Gasteiger partial charge in [0.15, 0.2) is 0 Å². The minimum Gasteiger partial charge on any atom is -0.497 e. The third-order valence-corrected chi connectivity index (χ3v) is 4.43. The molecule has 0 aliphatic rings. The number of methoxy groups -OCH3 is 1. The van der Waals surface area contributed by atoms with E-state index in [1.165, 1.54) is 12.1 Å². The van der Waals surface area contributed by atoms with E-state index in [0.29, 0.717) is 11.6 Å². The van der Waals surface area contributed by atoms with Gasteiger partial charge >= 0.3 is 0 Å². The van der Waals surface area contributed by atoms with Gasteiger partial charge in [0.05, 0.1) is 24.7 Å². The van der Waals surface area contributed by atoms with Crippen molar-refractivity contribution >= 4 is 12.2 Å². The van der Waals surface area contributed by atoms with E-state index >= 15 is 0 Å². The topological polar surface area (TPSA) is 59.4 Å². The van der Waals surface area contributed by atoms with E-state index in [1.54, 1.807) is 25.5 Å². The maximum absolute atomic E-state index is 13.3. The first-order valence-corrected chi connectivity index (χ1v) is 9.35. The fraction of sp³-hybridized carbons (Fsp3) is 0.0417. The summed E-state index contributed by atoms with van der Waals surface area (Å²) >= 11 is 0. The summed E-state index contributed by atoms with van der Waals surface area (Å²) in [5.74, 6) is 0.835. The monoisotopic (exact) mass is 398 g/mol. The Labute approximate surface area is 173 Å². The highest BCUT2D eigenvalue weighted by Crippen LogP contribution is 2.25. The molecule has 4 aromatic rings. The van der Waals surface area contributed by atoms with Crippen LogP contribution in [0.5, 0.6) is 5.75 Å². The van der Waals surface area contributed by atoms with Gasteiger partial charge in [-0.1, -0.05) is 30.3 Å². The molecule has 0 spiro atoms. The zero-order valence-electron chi connectivity index (χ0n) is 16.3. The highest BCUT2D eigenvalue weighted by molar-refractivity contribution is 5.80. The molecule has 4 rings (SSSR count). The number of rotatable bonds is 6. The van der Waals surface area contributed by atoms with Gasteiger partial charge in [-0.15, -0.1) is 0 Å². The molecule has 0 aliphatic heterocycles. The van der Waals surface area contributed by atoms with Crippen LogP contribution in [-0.4, -0.2) is 23.3 Å². The van der Waals surface area contributed by atoms with E-state index in [2.05, 4.69) is 20.5 Å². The molecule has 1 N–H and O–H groups in total. The maximum Gasteiger partial charge on any atom is 0.244 e. The van der Waals surface area contributed by atoms with Crippen molar-refractivity contribution in [2.24, 2.45) is 5.10 Å². The lowest BCUT2D eigenvalue weighted by Crippen LogP contribution is -2.00. The number of anilines is 1. The fourth-order valence-corrected chi connectivity index (χ4v) is 2.88. The van der Waals surface area contributed by atoms with Crippen molar-refractivity contribution in [3.63, 3.8) is 0 Å². The van der Waals surface area contributed by atoms with Crippen LogP contribution in [0.2, 0.25) is 0 Å². The van der Waals surface area contributed by atoms with Gasteiger partial charge in [-0.05, 0) is 60.2 Å². The van der Waals surface area contributed by atoms with Crippen LogP contribution >= 0.6 is 0 Å². The molecule has 0 aliphatic carbocycles. The highest BCUT2D eigenvalue weighted by Gasteiger charge is 2.08. The van der Waals surface area contributed by atoms with Crippen molar-refractivity contribution in [3.05, 3.63) is 96.3 Å². The Morgan fingerprint density at radius 2 is 1.47 bits per heavy atom. The third kappa shape index (κ3) is 4.67. The fourth-order valence-electron chi connectivity index (χ4n) is 2.88. The van der Waals surface area contributed by atoms with Crippen LogP contribution in [0, 0.1) is 5.82 Å². The van der Waals surface area contributed by atoms with Crippen LogP contribution in [0.15, 0.2) is 90.0 Å². The molecule has 0 saturated carbocycles. The van der Waals surface area contributed by atoms with Gasteiger partial charge in [-0.25, -0.2) is 19.8 Å². The molecule has 5 nitrogen and oxygen atoms in total. The lowest BCUT2D eigenvalue weighted by atomic mass is 10.1. The molecule has 1 heterocycles. The summed E-state index contributed by atoms with van der Waals surface area (Å²) in [5.41, 5.74) is 6.95. The summed E-state index contributed by atoms with van der Waals surface area (Å²) in [4.78, 5) is 9.11. The van der Waals surface area contributed by atoms with Gasteiger partial charge in [0.2, 0.25) is 5.95 Å². The molecule has 0 unspecified atom stereocenters. The van der Waals surface area contributed by atoms with Crippen molar-refractivity contribution in [1.29, 1.82) is 0 Å². The molecule has 3 aromatic carbocycles. The standard InChI is InChI=1S/C24H19FN4O/c1-30-21-13-7-17(8-14-21)16-26-29-24-27-22(18-5-3-2-4-6-18)15-23(28-24)19-9-11-20(25)12-10-19/h2-16H,1H3,(H,27,28,29)/b26-16-. The van der Waals surface area contributed by atoms with Crippen LogP contribution in [0.1, 0.15) is 5.56 Å². The second-order valence-corrected chi connectivity index (χ2v) is 6.48. The Morgan fingerprint density at radius 1 is 0.833 bits per heavy atom. The number of hydrogen-bond acceptors (Lipinski definition) is 5. The second-order valence-electron chi connectivity index (χ2n) is 6.48. The zero-order valence-corrected chi connectivity index (χ0v) is 16.3. The summed E-state index contributed by atoms with van der Waals surface area (Å²) < 4.78 is 18.5. The van der Waals surface area contributed by atoms with E-state index in [0.717, 1.165) is 28.1 Å². The molecule has 0 amide bonds. The number of benzene rings is 3. The summed E-state index contributed by atoms with van der Waals surface area (Å²) in [6.45, 7) is 0. The Kier molecular flexibility index (Phi) is 5.75.